The molecule has 138 valence electrons. The number of benzene rings is 2. The van der Waals surface area contributed by atoms with Gasteiger partial charge in [-0.3, -0.25) is 4.79 Å². The number of hydrogen-bond acceptors (Lipinski definition) is 3. The molecule has 1 aliphatic heterocycles. The molecule has 7 heteroatoms. The van der Waals surface area contributed by atoms with Gasteiger partial charge in [-0.1, -0.05) is 41.4 Å². The Balaban J connectivity index is 1.60. The highest BCUT2D eigenvalue weighted by Crippen LogP contribution is 2.19. The molecule has 5 nitrogen and oxygen atoms in total. The Labute approximate surface area is 159 Å². The van der Waals surface area contributed by atoms with Crippen molar-refractivity contribution in [3.8, 4) is 0 Å². The van der Waals surface area contributed by atoms with Gasteiger partial charge in [0.15, 0.2) is 0 Å². The highest BCUT2D eigenvalue weighted by atomic mass is 35.5. The fourth-order valence-corrected chi connectivity index (χ4v) is 4.47. The molecule has 1 aliphatic rings. The number of nitrogens with zero attached hydrogens (tertiary/aromatic N) is 2. The maximum absolute atomic E-state index is 12.7. The zero-order valence-corrected chi connectivity index (χ0v) is 16.1. The van der Waals surface area contributed by atoms with Crippen molar-refractivity contribution in [3.05, 3.63) is 64.7 Å². The third-order valence-electron chi connectivity index (χ3n) is 4.52. The van der Waals surface area contributed by atoms with Crippen molar-refractivity contribution in [2.45, 2.75) is 18.2 Å². The van der Waals surface area contributed by atoms with Gasteiger partial charge < -0.3 is 4.90 Å². The van der Waals surface area contributed by atoms with Gasteiger partial charge in [-0.2, -0.15) is 4.31 Å². The Kier molecular flexibility index (Phi) is 5.65. The molecule has 0 aliphatic carbocycles. The van der Waals surface area contributed by atoms with E-state index in [0.29, 0.717) is 42.5 Å². The summed E-state index contributed by atoms with van der Waals surface area (Å²) in [6.07, 6.45) is 0.294. The summed E-state index contributed by atoms with van der Waals surface area (Å²) in [6, 6.07) is 14.0. The minimum Gasteiger partial charge on any atom is -0.340 e. The summed E-state index contributed by atoms with van der Waals surface area (Å²) in [4.78, 5) is 14.5. The first kappa shape index (κ1) is 18.9. The molecule has 0 bridgehead atoms. The number of amides is 1. The Hall–Kier alpha value is -1.89. The van der Waals surface area contributed by atoms with E-state index in [4.69, 9.17) is 11.6 Å². The van der Waals surface area contributed by atoms with Crippen LogP contribution in [0.3, 0.4) is 0 Å². The monoisotopic (exact) mass is 392 g/mol. The first-order chi connectivity index (χ1) is 12.4. The van der Waals surface area contributed by atoms with E-state index in [0.717, 1.165) is 11.1 Å². The number of carbonyl (C=O) groups excluding carboxylic acids is 1. The first-order valence-electron chi connectivity index (χ1n) is 8.45. The van der Waals surface area contributed by atoms with Crippen molar-refractivity contribution in [1.82, 2.24) is 9.21 Å². The molecule has 26 heavy (non-hydrogen) atoms. The summed E-state index contributed by atoms with van der Waals surface area (Å²) >= 11 is 5.86. The maximum atomic E-state index is 12.7. The Bertz CT molecular complexity index is 872. The number of rotatable bonds is 4. The predicted molar refractivity (Wildman–Crippen MR) is 102 cm³/mol. The van der Waals surface area contributed by atoms with E-state index in [1.165, 1.54) is 4.31 Å². The van der Waals surface area contributed by atoms with E-state index in [2.05, 4.69) is 0 Å². The molecule has 0 radical (unpaired) electrons. The normalized spacial score (nSPS) is 15.8. The quantitative estimate of drug-likeness (QED) is 0.803. The largest absolute Gasteiger partial charge is 0.340 e. The molecular formula is C19H21ClN2O3S. The van der Waals surface area contributed by atoms with Crippen LogP contribution in [0.15, 0.2) is 53.4 Å². The van der Waals surface area contributed by atoms with Gasteiger partial charge in [0, 0.05) is 31.2 Å². The molecule has 3 rings (SSSR count). The van der Waals surface area contributed by atoms with Crippen LogP contribution in [-0.4, -0.2) is 49.7 Å². The van der Waals surface area contributed by atoms with Crippen LogP contribution < -0.4 is 0 Å². The van der Waals surface area contributed by atoms with Gasteiger partial charge in [0.05, 0.1) is 11.3 Å². The zero-order valence-electron chi connectivity index (χ0n) is 14.6. The average Bonchev–Trinajstić information content (AvgIpc) is 2.64. The van der Waals surface area contributed by atoms with Gasteiger partial charge in [0.2, 0.25) is 15.9 Å². The molecule has 1 amide bonds. The summed E-state index contributed by atoms with van der Waals surface area (Å²) in [5.74, 6) is -0.000272. The lowest BCUT2D eigenvalue weighted by atomic mass is 10.1. The van der Waals surface area contributed by atoms with Crippen LogP contribution in [0.4, 0.5) is 0 Å². The molecule has 2 aromatic rings. The summed E-state index contributed by atoms with van der Waals surface area (Å²) < 4.78 is 26.9. The number of carbonyl (C=O) groups is 1. The van der Waals surface area contributed by atoms with Crippen molar-refractivity contribution >= 4 is 27.5 Å². The summed E-state index contributed by atoms with van der Waals surface area (Å²) in [5.41, 5.74) is 1.91. The van der Waals surface area contributed by atoms with Crippen LogP contribution in [0.5, 0.6) is 0 Å². The van der Waals surface area contributed by atoms with Crippen LogP contribution >= 0.6 is 11.6 Å². The van der Waals surface area contributed by atoms with Crippen LogP contribution in [0.2, 0.25) is 5.02 Å². The molecule has 0 saturated carbocycles. The molecule has 2 aromatic carbocycles. The number of aryl methyl sites for hydroxylation is 1. The molecule has 0 unspecified atom stereocenters. The van der Waals surface area contributed by atoms with Gasteiger partial charge in [-0.05, 0) is 36.8 Å². The maximum Gasteiger partial charge on any atom is 0.243 e. The lowest BCUT2D eigenvalue weighted by Crippen LogP contribution is -2.50. The molecule has 0 atom stereocenters. The molecule has 1 saturated heterocycles. The third kappa shape index (κ3) is 4.26. The third-order valence-corrected chi connectivity index (χ3v) is 6.68. The lowest BCUT2D eigenvalue weighted by molar-refractivity contribution is -0.131. The van der Waals surface area contributed by atoms with E-state index in [9.17, 15) is 13.2 Å². The van der Waals surface area contributed by atoms with Crippen molar-refractivity contribution in [3.63, 3.8) is 0 Å². The minimum absolute atomic E-state index is 0.000272. The van der Waals surface area contributed by atoms with Crippen molar-refractivity contribution in [2.24, 2.45) is 0 Å². The highest BCUT2D eigenvalue weighted by Gasteiger charge is 2.29. The van der Waals surface area contributed by atoms with E-state index in [1.807, 2.05) is 19.1 Å². The fraction of sp³-hybridized carbons (Fsp3) is 0.316. The molecule has 0 N–H and O–H groups in total. The van der Waals surface area contributed by atoms with Crippen LogP contribution in [0, 0.1) is 6.92 Å². The standard InChI is InChI=1S/C19H21ClN2O3S/c1-15-2-8-18(9-3-15)26(24,25)22-12-10-21(11-13-22)19(23)14-16-4-6-17(20)7-5-16/h2-9H,10-14H2,1H3. The molecule has 1 heterocycles. The van der Waals surface area contributed by atoms with E-state index in [1.54, 1.807) is 41.3 Å². The number of sulfonamides is 1. The van der Waals surface area contributed by atoms with Crippen molar-refractivity contribution in [2.75, 3.05) is 26.2 Å². The minimum atomic E-state index is -3.51. The zero-order chi connectivity index (χ0) is 18.7. The first-order valence-corrected chi connectivity index (χ1v) is 10.3. The number of halogens is 1. The number of piperazine rings is 1. The summed E-state index contributed by atoms with van der Waals surface area (Å²) in [7, 11) is -3.51. The van der Waals surface area contributed by atoms with E-state index in [-0.39, 0.29) is 5.91 Å². The van der Waals surface area contributed by atoms with Crippen LogP contribution in [0.1, 0.15) is 11.1 Å². The van der Waals surface area contributed by atoms with Crippen molar-refractivity contribution < 1.29 is 13.2 Å². The van der Waals surface area contributed by atoms with Crippen molar-refractivity contribution in [1.29, 1.82) is 0 Å². The lowest BCUT2D eigenvalue weighted by Gasteiger charge is -2.34. The van der Waals surface area contributed by atoms with E-state index >= 15 is 0 Å². The Morgan fingerprint density at radius 3 is 2.12 bits per heavy atom. The second-order valence-corrected chi connectivity index (χ2v) is 8.78. The van der Waals surface area contributed by atoms with Crippen LogP contribution in [-0.2, 0) is 21.2 Å². The van der Waals surface area contributed by atoms with Crippen LogP contribution in [0.25, 0.3) is 0 Å². The SMILES string of the molecule is Cc1ccc(S(=O)(=O)N2CCN(C(=O)Cc3ccc(Cl)cc3)CC2)cc1. The topological polar surface area (TPSA) is 57.7 Å². The second kappa shape index (κ2) is 7.78. The average molecular weight is 393 g/mol. The van der Waals surface area contributed by atoms with Gasteiger partial charge in [0.25, 0.3) is 0 Å². The smallest absolute Gasteiger partial charge is 0.243 e. The predicted octanol–water partition coefficient (Wildman–Crippen LogP) is 2.72. The molecular weight excluding hydrogens is 372 g/mol. The Morgan fingerprint density at radius 1 is 0.962 bits per heavy atom. The number of hydrogen-bond donors (Lipinski definition) is 0. The van der Waals surface area contributed by atoms with Gasteiger partial charge in [-0.25, -0.2) is 8.42 Å². The van der Waals surface area contributed by atoms with Gasteiger partial charge >= 0.3 is 0 Å². The molecule has 0 aromatic heterocycles. The van der Waals surface area contributed by atoms with E-state index < -0.39 is 10.0 Å². The summed E-state index contributed by atoms with van der Waals surface area (Å²) in [5, 5.41) is 0.635. The van der Waals surface area contributed by atoms with Gasteiger partial charge in [0.1, 0.15) is 0 Å². The molecule has 0 spiro atoms. The second-order valence-electron chi connectivity index (χ2n) is 6.40. The fourth-order valence-electron chi connectivity index (χ4n) is 2.93. The Morgan fingerprint density at radius 2 is 1.54 bits per heavy atom. The van der Waals surface area contributed by atoms with Gasteiger partial charge in [-0.15, -0.1) is 0 Å². The molecule has 1 fully saturated rings. The highest BCUT2D eigenvalue weighted by molar-refractivity contribution is 7.89. The summed E-state index contributed by atoms with van der Waals surface area (Å²) in [6.45, 7) is 3.33.